The molecule has 15 heteroatoms. The summed E-state index contributed by atoms with van der Waals surface area (Å²) < 4.78 is 48.9. The number of ether oxygens (including phenoxy) is 4. The highest BCUT2D eigenvalue weighted by Gasteiger charge is 2.45. The van der Waals surface area contributed by atoms with E-state index in [2.05, 4.69) is 22.0 Å². The van der Waals surface area contributed by atoms with Gasteiger partial charge in [-0.25, -0.2) is 14.1 Å². The van der Waals surface area contributed by atoms with Crippen molar-refractivity contribution in [2.75, 3.05) is 27.4 Å². The molecule has 36 heavy (non-hydrogen) atoms. The summed E-state index contributed by atoms with van der Waals surface area (Å²) >= 11 is 0. The number of carbonyl (C=O) groups is 1. The Balaban J connectivity index is 0.000000201. The molecule has 1 amide bonds. The number of rotatable bonds is 7. The van der Waals surface area contributed by atoms with Crippen molar-refractivity contribution in [3.63, 3.8) is 0 Å². The minimum Gasteiger partial charge on any atom is -0.390 e. The van der Waals surface area contributed by atoms with Gasteiger partial charge < -0.3 is 44.8 Å². The minimum absolute atomic E-state index is 0.100. The first-order chi connectivity index (χ1) is 17.1. The molecule has 4 rings (SSSR count). The summed E-state index contributed by atoms with van der Waals surface area (Å²) in [5.41, 5.74) is 0.177. The van der Waals surface area contributed by atoms with Crippen molar-refractivity contribution in [3.05, 3.63) is 36.6 Å². The molecular formula is C21H30F2N6O7. The van der Waals surface area contributed by atoms with E-state index in [-0.39, 0.29) is 37.0 Å². The number of aliphatic hydroxyl groups is 2. The van der Waals surface area contributed by atoms with Gasteiger partial charge in [0.15, 0.2) is 18.2 Å². The second kappa shape index (κ2) is 11.9. The molecule has 1 aromatic rings. The van der Waals surface area contributed by atoms with Gasteiger partial charge in [0.05, 0.1) is 25.0 Å². The maximum atomic E-state index is 13.9. The summed E-state index contributed by atoms with van der Waals surface area (Å²) in [4.78, 5) is 16.3. The fourth-order valence-corrected chi connectivity index (χ4v) is 3.76. The first-order valence-electron chi connectivity index (χ1n) is 11.0. The van der Waals surface area contributed by atoms with Gasteiger partial charge in [0.1, 0.15) is 36.7 Å². The van der Waals surface area contributed by atoms with Crippen molar-refractivity contribution in [1.82, 2.24) is 25.0 Å². The number of nitrogens with one attached hydrogen (secondary N) is 2. The van der Waals surface area contributed by atoms with Gasteiger partial charge in [-0.05, 0) is 6.92 Å². The number of methoxy groups -OCH3 is 2. The first kappa shape index (κ1) is 27.8. The van der Waals surface area contributed by atoms with E-state index in [1.54, 1.807) is 0 Å². The molecule has 2 fully saturated rings. The Hall–Kier alpha value is -2.82. The van der Waals surface area contributed by atoms with Crippen LogP contribution in [0.25, 0.3) is 0 Å². The number of alkyl halides is 1. The molecule has 2 saturated heterocycles. The molecule has 4 N–H and O–H groups in total. The molecule has 0 saturated carbocycles. The summed E-state index contributed by atoms with van der Waals surface area (Å²) in [7, 11) is 2.95. The molecule has 0 aromatic carbocycles. The first-order valence-corrected chi connectivity index (χ1v) is 11.0. The van der Waals surface area contributed by atoms with Crippen LogP contribution in [-0.4, -0.2) is 106 Å². The van der Waals surface area contributed by atoms with E-state index in [4.69, 9.17) is 24.4 Å². The molecule has 3 aliphatic rings. The second-order valence-corrected chi connectivity index (χ2v) is 8.30. The van der Waals surface area contributed by atoms with Crippen molar-refractivity contribution in [3.8, 4) is 0 Å². The monoisotopic (exact) mass is 516 g/mol. The Labute approximate surface area is 205 Å². The van der Waals surface area contributed by atoms with E-state index < -0.39 is 54.8 Å². The third-order valence-electron chi connectivity index (χ3n) is 5.61. The average Bonchev–Trinajstić information content (AvgIpc) is 3.52. The molecule has 0 aliphatic carbocycles. The van der Waals surface area contributed by atoms with Gasteiger partial charge in [-0.3, -0.25) is 4.79 Å². The molecule has 4 heterocycles. The van der Waals surface area contributed by atoms with Crippen molar-refractivity contribution in [1.29, 1.82) is 5.41 Å². The molecule has 0 radical (unpaired) electrons. The number of hydrogen-bond donors (Lipinski definition) is 4. The lowest BCUT2D eigenvalue weighted by atomic mass is 10.1. The molecule has 1 unspecified atom stereocenters. The van der Waals surface area contributed by atoms with Gasteiger partial charge in [0.2, 0.25) is 5.83 Å². The third kappa shape index (κ3) is 6.11. The lowest BCUT2D eigenvalue weighted by molar-refractivity contribution is -0.120. The highest BCUT2D eigenvalue weighted by atomic mass is 19.1. The van der Waals surface area contributed by atoms with Gasteiger partial charge in [-0.15, -0.1) is 5.10 Å². The van der Waals surface area contributed by atoms with Crippen LogP contribution in [-0.2, 0) is 23.7 Å². The summed E-state index contributed by atoms with van der Waals surface area (Å²) in [6, 6.07) is 0. The molecule has 0 bridgehead atoms. The lowest BCUT2D eigenvalue weighted by Crippen LogP contribution is -2.42. The number of nitrogens with zero attached hydrogens (tertiary/aromatic N) is 4. The van der Waals surface area contributed by atoms with Crippen LogP contribution in [0, 0.1) is 5.41 Å². The number of carbonyl (C=O) groups excluding carboxylic acids is 1. The van der Waals surface area contributed by atoms with E-state index in [0.29, 0.717) is 0 Å². The van der Waals surface area contributed by atoms with Crippen molar-refractivity contribution in [2.24, 2.45) is 0 Å². The van der Waals surface area contributed by atoms with Gasteiger partial charge in [-0.2, -0.15) is 4.39 Å². The van der Waals surface area contributed by atoms with Crippen LogP contribution < -0.4 is 5.32 Å². The summed E-state index contributed by atoms with van der Waals surface area (Å²) in [5, 5.41) is 33.0. The van der Waals surface area contributed by atoms with Crippen LogP contribution in [0.1, 0.15) is 25.4 Å². The number of hydrogen-bond acceptors (Lipinski definition) is 11. The van der Waals surface area contributed by atoms with Crippen molar-refractivity contribution in [2.45, 2.75) is 56.4 Å². The summed E-state index contributed by atoms with van der Waals surface area (Å²) in [6.07, 6.45) is -3.79. The highest BCUT2D eigenvalue weighted by Crippen LogP contribution is 2.31. The predicted molar refractivity (Wildman–Crippen MR) is 119 cm³/mol. The number of aromatic nitrogens is 3. The summed E-state index contributed by atoms with van der Waals surface area (Å²) in [6.45, 7) is 5.49. The number of aliphatic hydroxyl groups excluding tert-OH is 2. The van der Waals surface area contributed by atoms with E-state index in [1.165, 1.54) is 37.1 Å². The van der Waals surface area contributed by atoms with Gasteiger partial charge in [0, 0.05) is 26.8 Å². The van der Waals surface area contributed by atoms with Crippen LogP contribution in [0.2, 0.25) is 0 Å². The van der Waals surface area contributed by atoms with Gasteiger partial charge >= 0.3 is 0 Å². The Morgan fingerprint density at radius 1 is 1.31 bits per heavy atom. The van der Waals surface area contributed by atoms with Crippen molar-refractivity contribution >= 4 is 11.6 Å². The normalized spacial score (nSPS) is 32.1. The second-order valence-electron chi connectivity index (χ2n) is 8.30. The molecule has 7 atom stereocenters. The average molecular weight is 517 g/mol. The van der Waals surface area contributed by atoms with Crippen molar-refractivity contribution < 1.29 is 42.7 Å². The molecule has 200 valence electrons. The fourth-order valence-electron chi connectivity index (χ4n) is 3.76. The minimum atomic E-state index is -1.61. The Morgan fingerprint density at radius 2 is 1.97 bits per heavy atom. The molecule has 13 nitrogen and oxygen atoms in total. The molecular weight excluding hydrogens is 486 g/mol. The Morgan fingerprint density at radius 3 is 2.58 bits per heavy atom. The van der Waals surface area contributed by atoms with Crippen LogP contribution >= 0.6 is 0 Å². The lowest BCUT2D eigenvalue weighted by Gasteiger charge is -2.31. The van der Waals surface area contributed by atoms with Crippen LogP contribution in [0.3, 0.4) is 0 Å². The van der Waals surface area contributed by atoms with Crippen LogP contribution in [0.5, 0.6) is 0 Å². The zero-order chi connectivity index (χ0) is 26.6. The Kier molecular flexibility index (Phi) is 9.21. The summed E-state index contributed by atoms with van der Waals surface area (Å²) in [5.74, 6) is -1.33. The van der Waals surface area contributed by atoms with Crippen LogP contribution in [0.15, 0.2) is 30.8 Å². The zero-order valence-electron chi connectivity index (χ0n) is 20.0. The third-order valence-corrected chi connectivity index (χ3v) is 5.61. The van der Waals surface area contributed by atoms with Crippen LogP contribution in [0.4, 0.5) is 8.78 Å². The molecule has 3 aliphatic heterocycles. The largest absolute Gasteiger partial charge is 0.390 e. The molecule has 1 aromatic heterocycles. The standard InChI is InChI=1S/C11H15FN2O4.C10H15FN4O3/c1-6-13-11(16)7(12)4-14(6)10-3-8(15)9(18-10)5-17-2;1-5(12)9-13-4-15(14-9)10-7(11)8(16)6(18-10)3-17-2/h4,8-10,15H,1,3,5H2,2H3,(H,13,16);4,6-8,10,12,16H,3H2,1-2H3/t8?,9-,10-;6-,7-,8-,10-/m11/s1. The van der Waals surface area contributed by atoms with E-state index in [0.717, 1.165) is 6.20 Å². The van der Waals surface area contributed by atoms with E-state index in [1.807, 2.05) is 0 Å². The van der Waals surface area contributed by atoms with Gasteiger partial charge in [0.25, 0.3) is 5.91 Å². The number of amides is 1. The maximum absolute atomic E-state index is 13.9. The van der Waals surface area contributed by atoms with E-state index in [9.17, 15) is 23.8 Å². The maximum Gasteiger partial charge on any atom is 0.287 e. The highest BCUT2D eigenvalue weighted by molar-refractivity contribution is 5.93. The SMILES string of the molecule is C=C1NC(=O)C(F)=CN1[C@H]1CC(O)[C@@H](COC)O1.COC[C@H]1O[C@@H](n2cnc(C(C)=N)n2)[C@H](F)[C@@H]1O. The topological polar surface area (TPSA) is 164 Å². The Bertz CT molecular complexity index is 992. The smallest absolute Gasteiger partial charge is 0.287 e. The zero-order valence-corrected chi connectivity index (χ0v) is 20.0. The van der Waals surface area contributed by atoms with E-state index >= 15 is 0 Å². The fraction of sp³-hybridized carbons (Fsp3) is 0.619. The number of halogens is 2. The quantitative estimate of drug-likeness (QED) is 0.355. The molecule has 0 spiro atoms. The van der Waals surface area contributed by atoms with Gasteiger partial charge in [-0.1, -0.05) is 6.58 Å². The predicted octanol–water partition coefficient (Wildman–Crippen LogP) is -0.269.